The SMILES string of the molecule is Cl.NCCCCCCC(=O)Nc1ccc(C(N)=O)cc1. The van der Waals surface area contributed by atoms with Crippen molar-refractivity contribution in [1.29, 1.82) is 0 Å². The van der Waals surface area contributed by atoms with Gasteiger partial charge in [0, 0.05) is 17.7 Å². The summed E-state index contributed by atoms with van der Waals surface area (Å²) in [6.45, 7) is 0.707. The Kier molecular flexibility index (Phi) is 9.41. The first-order chi connectivity index (χ1) is 9.13. The lowest BCUT2D eigenvalue weighted by molar-refractivity contribution is -0.116. The zero-order valence-corrected chi connectivity index (χ0v) is 12.2. The first kappa shape index (κ1) is 18.4. The molecule has 0 atom stereocenters. The fraction of sp³-hybridized carbons (Fsp3) is 0.429. The van der Waals surface area contributed by atoms with Crippen molar-refractivity contribution in [2.45, 2.75) is 32.1 Å². The Hall–Kier alpha value is -1.59. The van der Waals surface area contributed by atoms with Gasteiger partial charge in [0.2, 0.25) is 11.8 Å². The van der Waals surface area contributed by atoms with E-state index in [0.717, 1.165) is 25.7 Å². The van der Waals surface area contributed by atoms with Crippen molar-refractivity contribution in [2.24, 2.45) is 11.5 Å². The van der Waals surface area contributed by atoms with Gasteiger partial charge in [-0.05, 0) is 43.7 Å². The average Bonchev–Trinajstić information content (AvgIpc) is 2.39. The van der Waals surface area contributed by atoms with Crippen molar-refractivity contribution in [1.82, 2.24) is 0 Å². The normalized spacial score (nSPS) is 9.65. The topological polar surface area (TPSA) is 98.2 Å². The molecule has 0 saturated carbocycles. The third-order valence-corrected chi connectivity index (χ3v) is 2.81. The fourth-order valence-corrected chi connectivity index (χ4v) is 1.72. The van der Waals surface area contributed by atoms with E-state index in [1.807, 2.05) is 0 Å². The number of hydrogen-bond donors (Lipinski definition) is 3. The van der Waals surface area contributed by atoms with E-state index < -0.39 is 5.91 Å². The zero-order valence-electron chi connectivity index (χ0n) is 11.4. The molecule has 112 valence electrons. The fourth-order valence-electron chi connectivity index (χ4n) is 1.72. The van der Waals surface area contributed by atoms with E-state index in [2.05, 4.69) is 5.32 Å². The molecule has 0 unspecified atom stereocenters. The first-order valence-electron chi connectivity index (χ1n) is 6.53. The molecule has 0 radical (unpaired) electrons. The van der Waals surface area contributed by atoms with E-state index in [1.165, 1.54) is 0 Å². The van der Waals surface area contributed by atoms with Crippen LogP contribution in [0, 0.1) is 0 Å². The molecule has 1 rings (SSSR count). The summed E-state index contributed by atoms with van der Waals surface area (Å²) in [7, 11) is 0. The van der Waals surface area contributed by atoms with Gasteiger partial charge in [0.15, 0.2) is 0 Å². The molecule has 0 aliphatic heterocycles. The molecule has 0 fully saturated rings. The highest BCUT2D eigenvalue weighted by molar-refractivity contribution is 5.94. The number of anilines is 1. The maximum Gasteiger partial charge on any atom is 0.248 e. The molecular weight excluding hydrogens is 278 g/mol. The number of carbonyl (C=O) groups is 2. The number of halogens is 1. The number of carbonyl (C=O) groups excluding carboxylic acids is 2. The van der Waals surface area contributed by atoms with Crippen LogP contribution in [-0.2, 0) is 4.79 Å². The maximum atomic E-state index is 11.6. The molecule has 1 aromatic rings. The lowest BCUT2D eigenvalue weighted by Crippen LogP contribution is -2.13. The van der Waals surface area contributed by atoms with E-state index in [0.29, 0.717) is 24.2 Å². The number of unbranched alkanes of at least 4 members (excludes halogenated alkanes) is 3. The number of amides is 2. The number of benzene rings is 1. The molecule has 0 aromatic heterocycles. The van der Waals surface area contributed by atoms with Gasteiger partial charge in [-0.25, -0.2) is 0 Å². The summed E-state index contributed by atoms with van der Waals surface area (Å²) in [6, 6.07) is 6.54. The van der Waals surface area contributed by atoms with Gasteiger partial charge in [0.05, 0.1) is 0 Å². The van der Waals surface area contributed by atoms with Gasteiger partial charge in [-0.3, -0.25) is 9.59 Å². The van der Waals surface area contributed by atoms with Crippen LogP contribution in [-0.4, -0.2) is 18.4 Å². The smallest absolute Gasteiger partial charge is 0.248 e. The largest absolute Gasteiger partial charge is 0.366 e. The van der Waals surface area contributed by atoms with Gasteiger partial charge in [-0.1, -0.05) is 12.8 Å². The number of rotatable bonds is 8. The highest BCUT2D eigenvalue weighted by Gasteiger charge is 2.03. The average molecular weight is 300 g/mol. The number of nitrogens with two attached hydrogens (primary N) is 2. The molecule has 0 aliphatic carbocycles. The third kappa shape index (κ3) is 7.11. The van der Waals surface area contributed by atoms with Crippen LogP contribution in [0.5, 0.6) is 0 Å². The lowest BCUT2D eigenvalue weighted by Gasteiger charge is -2.05. The summed E-state index contributed by atoms with van der Waals surface area (Å²) < 4.78 is 0. The minimum atomic E-state index is -0.474. The van der Waals surface area contributed by atoms with Crippen molar-refractivity contribution < 1.29 is 9.59 Å². The van der Waals surface area contributed by atoms with Gasteiger partial charge >= 0.3 is 0 Å². The molecule has 0 heterocycles. The Morgan fingerprint density at radius 2 is 1.60 bits per heavy atom. The van der Waals surface area contributed by atoms with Crippen LogP contribution >= 0.6 is 12.4 Å². The van der Waals surface area contributed by atoms with Crippen molar-refractivity contribution in [2.75, 3.05) is 11.9 Å². The van der Waals surface area contributed by atoms with Crippen molar-refractivity contribution >= 4 is 29.9 Å². The van der Waals surface area contributed by atoms with Gasteiger partial charge in [-0.2, -0.15) is 0 Å². The molecule has 0 aliphatic rings. The monoisotopic (exact) mass is 299 g/mol. The van der Waals surface area contributed by atoms with Crippen LogP contribution in [0.15, 0.2) is 24.3 Å². The van der Waals surface area contributed by atoms with Crippen molar-refractivity contribution in [3.8, 4) is 0 Å². The molecule has 2 amide bonds. The summed E-state index contributed by atoms with van der Waals surface area (Å²) in [5.74, 6) is -0.489. The Labute approximate surface area is 125 Å². The van der Waals surface area contributed by atoms with E-state index in [9.17, 15) is 9.59 Å². The van der Waals surface area contributed by atoms with Crippen molar-refractivity contribution in [3.63, 3.8) is 0 Å². The van der Waals surface area contributed by atoms with Gasteiger partial charge in [0.1, 0.15) is 0 Å². The second-order valence-corrected chi connectivity index (χ2v) is 4.44. The van der Waals surface area contributed by atoms with Crippen LogP contribution in [0.3, 0.4) is 0 Å². The third-order valence-electron chi connectivity index (χ3n) is 2.81. The molecule has 6 heteroatoms. The molecule has 20 heavy (non-hydrogen) atoms. The second-order valence-electron chi connectivity index (χ2n) is 4.44. The summed E-state index contributed by atoms with van der Waals surface area (Å²) in [6.07, 6.45) is 4.46. The summed E-state index contributed by atoms with van der Waals surface area (Å²) >= 11 is 0. The molecule has 5 N–H and O–H groups in total. The van der Waals surface area contributed by atoms with Gasteiger partial charge in [0.25, 0.3) is 0 Å². The predicted molar refractivity (Wildman–Crippen MR) is 83.0 cm³/mol. The zero-order chi connectivity index (χ0) is 14.1. The molecule has 0 saturated heterocycles. The summed E-state index contributed by atoms with van der Waals surface area (Å²) in [5, 5.41) is 2.78. The van der Waals surface area contributed by atoms with Crippen molar-refractivity contribution in [3.05, 3.63) is 29.8 Å². The minimum absolute atomic E-state index is 0. The number of primary amides is 1. The quantitative estimate of drug-likeness (QED) is 0.641. The van der Waals surface area contributed by atoms with E-state index in [4.69, 9.17) is 11.5 Å². The minimum Gasteiger partial charge on any atom is -0.366 e. The Balaban J connectivity index is 0.00000361. The Bertz CT molecular complexity index is 421. The van der Waals surface area contributed by atoms with Gasteiger partial charge in [-0.15, -0.1) is 12.4 Å². The highest BCUT2D eigenvalue weighted by Crippen LogP contribution is 2.10. The molecule has 5 nitrogen and oxygen atoms in total. The first-order valence-corrected chi connectivity index (χ1v) is 6.53. The second kappa shape index (κ2) is 10.2. The molecular formula is C14H22ClN3O2. The molecule has 0 bridgehead atoms. The van der Waals surface area contributed by atoms with Crippen LogP contribution in [0.2, 0.25) is 0 Å². The van der Waals surface area contributed by atoms with Crippen LogP contribution < -0.4 is 16.8 Å². The number of hydrogen-bond acceptors (Lipinski definition) is 3. The van der Waals surface area contributed by atoms with Crippen LogP contribution in [0.25, 0.3) is 0 Å². The maximum absolute atomic E-state index is 11.6. The summed E-state index contributed by atoms with van der Waals surface area (Å²) in [5.41, 5.74) is 11.6. The van der Waals surface area contributed by atoms with Gasteiger partial charge < -0.3 is 16.8 Å². The lowest BCUT2D eigenvalue weighted by atomic mass is 10.1. The Morgan fingerprint density at radius 1 is 1.00 bits per heavy atom. The molecule has 0 spiro atoms. The number of nitrogens with one attached hydrogen (secondary N) is 1. The van der Waals surface area contributed by atoms with Crippen LogP contribution in [0.4, 0.5) is 5.69 Å². The van der Waals surface area contributed by atoms with Crippen LogP contribution in [0.1, 0.15) is 42.5 Å². The highest BCUT2D eigenvalue weighted by atomic mass is 35.5. The molecule has 1 aromatic carbocycles. The summed E-state index contributed by atoms with van der Waals surface area (Å²) in [4.78, 5) is 22.5. The van der Waals surface area contributed by atoms with E-state index in [1.54, 1.807) is 24.3 Å². The Morgan fingerprint density at radius 3 is 2.15 bits per heavy atom. The van der Waals surface area contributed by atoms with E-state index >= 15 is 0 Å². The van der Waals surface area contributed by atoms with E-state index in [-0.39, 0.29) is 18.3 Å². The standard InChI is InChI=1S/C14H21N3O2.ClH/c15-10-4-2-1-3-5-13(18)17-12-8-6-11(7-9-12)14(16)19;/h6-9H,1-5,10,15H2,(H2,16,19)(H,17,18);1H. The predicted octanol–water partition coefficient (Wildman–Crippen LogP) is 2.05.